The van der Waals surface area contributed by atoms with E-state index in [4.69, 9.17) is 0 Å². The summed E-state index contributed by atoms with van der Waals surface area (Å²) in [7, 11) is 0. The van der Waals surface area contributed by atoms with Gasteiger partial charge in [-0.2, -0.15) is 0 Å². The largest absolute Gasteiger partial charge is 0.321 e. The maximum Gasteiger partial charge on any atom is 0.272 e. The minimum atomic E-state index is -0.456. The van der Waals surface area contributed by atoms with E-state index in [1.807, 2.05) is 79.7 Å². The number of amides is 3. The number of thiazole rings is 1. The van der Waals surface area contributed by atoms with Crippen LogP contribution in [0.1, 0.15) is 22.8 Å². The predicted molar refractivity (Wildman–Crippen MR) is 167 cm³/mol. The Balaban J connectivity index is 1.22. The van der Waals surface area contributed by atoms with Gasteiger partial charge in [0.1, 0.15) is 5.70 Å². The van der Waals surface area contributed by atoms with E-state index in [-0.39, 0.29) is 22.8 Å². The number of thioether (sulfide) groups is 1. The fourth-order valence-electron chi connectivity index (χ4n) is 3.86. The second-order valence-electron chi connectivity index (χ2n) is 9.00. The van der Waals surface area contributed by atoms with E-state index < -0.39 is 5.91 Å². The highest BCUT2D eigenvalue weighted by Gasteiger charge is 2.18. The van der Waals surface area contributed by atoms with Crippen LogP contribution in [-0.4, -0.2) is 28.0 Å². The average Bonchev–Trinajstić information content (AvgIpc) is 3.41. The molecule has 1 aromatic heterocycles. The van der Waals surface area contributed by atoms with Gasteiger partial charge >= 0.3 is 0 Å². The van der Waals surface area contributed by atoms with Gasteiger partial charge in [0.25, 0.3) is 11.8 Å². The lowest BCUT2D eigenvalue weighted by atomic mass is 10.1. The number of carbonyl (C=O) groups excluding carboxylic acids is 3. The van der Waals surface area contributed by atoms with Crippen LogP contribution in [0.2, 0.25) is 0 Å². The molecule has 0 bridgehead atoms. The number of nitrogens with zero attached hydrogens (tertiary/aromatic N) is 1. The third-order valence-corrected chi connectivity index (χ3v) is 8.02. The van der Waals surface area contributed by atoms with Crippen molar-refractivity contribution in [2.24, 2.45) is 0 Å². The van der Waals surface area contributed by atoms with Crippen molar-refractivity contribution < 1.29 is 14.4 Å². The van der Waals surface area contributed by atoms with Gasteiger partial charge in [0.2, 0.25) is 5.91 Å². The van der Waals surface area contributed by atoms with Crippen LogP contribution in [0.5, 0.6) is 0 Å². The first-order valence-corrected chi connectivity index (χ1v) is 14.5. The molecule has 204 valence electrons. The summed E-state index contributed by atoms with van der Waals surface area (Å²) in [4.78, 5) is 44.1. The van der Waals surface area contributed by atoms with Gasteiger partial charge in [-0.25, -0.2) is 4.98 Å². The van der Waals surface area contributed by atoms with Crippen LogP contribution in [0.4, 0.5) is 10.8 Å². The molecule has 5 rings (SSSR count). The van der Waals surface area contributed by atoms with Gasteiger partial charge in [-0.15, -0.1) is 11.8 Å². The van der Waals surface area contributed by atoms with Crippen LogP contribution in [0.3, 0.4) is 0 Å². The highest BCUT2D eigenvalue weighted by molar-refractivity contribution is 8.00. The quantitative estimate of drug-likeness (QED) is 0.132. The first kappa shape index (κ1) is 27.8. The topological polar surface area (TPSA) is 100 Å². The lowest BCUT2D eigenvalue weighted by Gasteiger charge is -2.13. The number of hydrogen-bond donors (Lipinski definition) is 3. The highest BCUT2D eigenvalue weighted by atomic mass is 32.2. The van der Waals surface area contributed by atoms with Crippen LogP contribution in [0, 0.1) is 0 Å². The van der Waals surface area contributed by atoms with E-state index in [1.165, 1.54) is 23.1 Å². The van der Waals surface area contributed by atoms with Crippen LogP contribution in [0.25, 0.3) is 16.3 Å². The lowest BCUT2D eigenvalue weighted by molar-refractivity contribution is -0.115. The molecule has 0 aliphatic rings. The van der Waals surface area contributed by atoms with Crippen molar-refractivity contribution in [2.45, 2.75) is 17.1 Å². The summed E-state index contributed by atoms with van der Waals surface area (Å²) in [6.45, 7) is 1.83. The van der Waals surface area contributed by atoms with E-state index in [0.29, 0.717) is 16.4 Å². The normalized spacial score (nSPS) is 12.0. The monoisotopic (exact) mass is 578 g/mol. The summed E-state index contributed by atoms with van der Waals surface area (Å²) in [5.74, 6) is -0.980. The summed E-state index contributed by atoms with van der Waals surface area (Å²) in [6, 6.07) is 33.0. The van der Waals surface area contributed by atoms with Gasteiger partial charge in [0.05, 0.1) is 15.5 Å². The molecule has 1 atom stereocenters. The molecule has 7 nitrogen and oxygen atoms in total. The molecule has 0 aliphatic carbocycles. The van der Waals surface area contributed by atoms with Crippen LogP contribution in [-0.2, 0) is 9.59 Å². The fourth-order valence-corrected chi connectivity index (χ4v) is 5.60. The fraction of sp³-hybridized carbons (Fsp3) is 0.0625. The van der Waals surface area contributed by atoms with E-state index in [0.717, 1.165) is 20.7 Å². The van der Waals surface area contributed by atoms with Gasteiger partial charge < -0.3 is 16.0 Å². The molecule has 4 aromatic carbocycles. The molecule has 0 radical (unpaired) electrons. The van der Waals surface area contributed by atoms with Gasteiger partial charge in [-0.3, -0.25) is 14.4 Å². The Morgan fingerprint density at radius 3 is 2.17 bits per heavy atom. The SMILES string of the molecule is CC(Sc1ccc(NC(=O)/C(=C/c2ccccc2)NC(=O)c2ccccc2)cc1)C(=O)Nc1nc2ccccc2s1. The first-order valence-electron chi connectivity index (χ1n) is 12.8. The summed E-state index contributed by atoms with van der Waals surface area (Å²) in [5, 5.41) is 8.69. The molecular formula is C32H26N4O3S2. The Morgan fingerprint density at radius 1 is 0.805 bits per heavy atom. The molecule has 0 aliphatic heterocycles. The third kappa shape index (κ3) is 7.47. The molecule has 9 heteroatoms. The lowest BCUT2D eigenvalue weighted by Crippen LogP contribution is -2.30. The molecular weight excluding hydrogens is 553 g/mol. The maximum atomic E-state index is 13.2. The molecule has 0 fully saturated rings. The van der Waals surface area contributed by atoms with E-state index >= 15 is 0 Å². The summed E-state index contributed by atoms with van der Waals surface area (Å²) < 4.78 is 1.02. The Morgan fingerprint density at radius 2 is 1.46 bits per heavy atom. The molecule has 0 saturated heterocycles. The standard InChI is InChI=1S/C32H26N4O3S2/c1-21(29(37)36-32-35-26-14-8-9-15-28(26)41-32)40-25-18-16-24(17-19-25)33-31(39)27(20-22-10-4-2-5-11-22)34-30(38)23-12-6-3-7-13-23/h2-21H,1H3,(H,33,39)(H,34,38)(H,35,36,37)/b27-20-. The first-order chi connectivity index (χ1) is 19.9. The summed E-state index contributed by atoms with van der Waals surface area (Å²) in [6.07, 6.45) is 1.63. The number of hydrogen-bond acceptors (Lipinski definition) is 6. The second-order valence-corrected chi connectivity index (χ2v) is 11.4. The zero-order chi connectivity index (χ0) is 28.6. The van der Waals surface area contributed by atoms with Crippen LogP contribution < -0.4 is 16.0 Å². The van der Waals surface area contributed by atoms with Gasteiger partial charge in [0, 0.05) is 16.1 Å². The number of nitrogens with one attached hydrogen (secondary N) is 3. The van der Waals surface area contributed by atoms with Crippen LogP contribution >= 0.6 is 23.1 Å². The maximum absolute atomic E-state index is 13.2. The average molecular weight is 579 g/mol. The van der Waals surface area contributed by atoms with Crippen molar-refractivity contribution in [2.75, 3.05) is 10.6 Å². The van der Waals surface area contributed by atoms with Crippen molar-refractivity contribution in [1.29, 1.82) is 0 Å². The second kappa shape index (κ2) is 13.1. The highest BCUT2D eigenvalue weighted by Crippen LogP contribution is 2.28. The molecule has 1 heterocycles. The number of anilines is 2. The number of benzene rings is 4. The smallest absolute Gasteiger partial charge is 0.272 e. The molecule has 41 heavy (non-hydrogen) atoms. The van der Waals surface area contributed by atoms with E-state index in [2.05, 4.69) is 20.9 Å². The minimum absolute atomic E-state index is 0.114. The van der Waals surface area contributed by atoms with Crippen molar-refractivity contribution in [3.05, 3.63) is 126 Å². The minimum Gasteiger partial charge on any atom is -0.321 e. The number of fused-ring (bicyclic) bond motifs is 1. The van der Waals surface area contributed by atoms with Crippen molar-refractivity contribution >= 4 is 67.9 Å². The van der Waals surface area contributed by atoms with Gasteiger partial charge in [-0.05, 0) is 67.1 Å². The third-order valence-electron chi connectivity index (χ3n) is 5.96. The number of rotatable bonds is 9. The Labute approximate surface area is 245 Å². The van der Waals surface area contributed by atoms with Crippen molar-refractivity contribution in [3.8, 4) is 0 Å². The van der Waals surface area contributed by atoms with Crippen molar-refractivity contribution in [1.82, 2.24) is 10.3 Å². The van der Waals surface area contributed by atoms with E-state index in [9.17, 15) is 14.4 Å². The van der Waals surface area contributed by atoms with Gasteiger partial charge in [-0.1, -0.05) is 72.0 Å². The predicted octanol–water partition coefficient (Wildman–Crippen LogP) is 6.83. The molecule has 1 unspecified atom stereocenters. The Hall–Kier alpha value is -4.73. The molecule has 3 amide bonds. The number of carbonyl (C=O) groups is 3. The summed E-state index contributed by atoms with van der Waals surface area (Å²) in [5.41, 5.74) is 2.74. The number of aromatic nitrogens is 1. The Kier molecular flexibility index (Phi) is 8.88. The zero-order valence-electron chi connectivity index (χ0n) is 22.0. The molecule has 0 spiro atoms. The number of para-hydroxylation sites is 1. The molecule has 5 aromatic rings. The van der Waals surface area contributed by atoms with Crippen molar-refractivity contribution in [3.63, 3.8) is 0 Å². The molecule has 0 saturated carbocycles. The van der Waals surface area contributed by atoms with Gasteiger partial charge in [0.15, 0.2) is 5.13 Å². The molecule has 3 N–H and O–H groups in total. The zero-order valence-corrected chi connectivity index (χ0v) is 23.7. The van der Waals surface area contributed by atoms with E-state index in [1.54, 1.807) is 42.5 Å². The summed E-state index contributed by atoms with van der Waals surface area (Å²) >= 11 is 2.84. The van der Waals surface area contributed by atoms with Crippen LogP contribution in [0.15, 0.2) is 120 Å². The Bertz CT molecular complexity index is 1670.